The average Bonchev–Trinajstić information content (AvgIpc) is 2.69. The first-order chi connectivity index (χ1) is 13.8. The van der Waals surface area contributed by atoms with E-state index in [2.05, 4.69) is 4.98 Å². The van der Waals surface area contributed by atoms with Gasteiger partial charge in [-0.2, -0.15) is 4.31 Å². The van der Waals surface area contributed by atoms with E-state index in [1.165, 1.54) is 27.3 Å². The predicted molar refractivity (Wildman–Crippen MR) is 108 cm³/mol. The number of hydrogen-bond acceptors (Lipinski definition) is 6. The zero-order valence-electron chi connectivity index (χ0n) is 16.3. The van der Waals surface area contributed by atoms with E-state index in [0.717, 1.165) is 5.56 Å². The van der Waals surface area contributed by atoms with Gasteiger partial charge in [0.1, 0.15) is 5.82 Å². The first-order valence-electron chi connectivity index (χ1n) is 9.43. The number of piperazine rings is 1. The summed E-state index contributed by atoms with van der Waals surface area (Å²) < 4.78 is 39.5. The van der Waals surface area contributed by atoms with E-state index in [4.69, 9.17) is 5.11 Å². The number of aromatic nitrogens is 2. The summed E-state index contributed by atoms with van der Waals surface area (Å²) in [4.78, 5) is 19.3. The van der Waals surface area contributed by atoms with Gasteiger partial charge in [-0.05, 0) is 30.5 Å². The van der Waals surface area contributed by atoms with E-state index in [1.54, 1.807) is 23.2 Å². The molecule has 2 heterocycles. The van der Waals surface area contributed by atoms with Gasteiger partial charge in [0.25, 0.3) is 5.56 Å². The summed E-state index contributed by atoms with van der Waals surface area (Å²) in [6.07, 6.45) is 3.86. The maximum Gasteiger partial charge on any atom is 0.293 e. The van der Waals surface area contributed by atoms with Crippen LogP contribution in [0.1, 0.15) is 17.7 Å². The van der Waals surface area contributed by atoms with Crippen LogP contribution in [0.4, 0.5) is 10.2 Å². The number of benzene rings is 1. The molecule has 1 saturated heterocycles. The van der Waals surface area contributed by atoms with Crippen molar-refractivity contribution in [2.45, 2.75) is 19.4 Å². The lowest BCUT2D eigenvalue weighted by Gasteiger charge is -2.33. The van der Waals surface area contributed by atoms with Crippen molar-refractivity contribution >= 4 is 15.8 Å². The fraction of sp³-hybridized carbons (Fsp3) is 0.474. The Morgan fingerprint density at radius 2 is 1.79 bits per heavy atom. The molecule has 0 spiro atoms. The Bertz CT molecular complexity index is 1000. The maximum absolute atomic E-state index is 13.2. The Hall–Kier alpha value is -2.30. The third kappa shape index (κ3) is 5.40. The molecule has 1 N–H and O–H groups in total. The predicted octanol–water partition coefficient (Wildman–Crippen LogP) is 0.437. The van der Waals surface area contributed by atoms with Crippen LogP contribution in [-0.4, -0.2) is 66.4 Å². The zero-order valence-corrected chi connectivity index (χ0v) is 17.1. The van der Waals surface area contributed by atoms with Gasteiger partial charge < -0.3 is 14.6 Å². The molecular formula is C19H25FN4O4S. The van der Waals surface area contributed by atoms with Gasteiger partial charge in [-0.25, -0.2) is 17.8 Å². The molecule has 1 fully saturated rings. The van der Waals surface area contributed by atoms with E-state index < -0.39 is 10.0 Å². The molecule has 0 bridgehead atoms. The van der Waals surface area contributed by atoms with Crippen molar-refractivity contribution < 1.29 is 17.9 Å². The minimum atomic E-state index is -3.27. The second-order valence-corrected chi connectivity index (χ2v) is 9.07. The number of halogens is 1. The van der Waals surface area contributed by atoms with Gasteiger partial charge in [-0.3, -0.25) is 4.79 Å². The number of hydrogen-bond donors (Lipinski definition) is 1. The summed E-state index contributed by atoms with van der Waals surface area (Å²) >= 11 is 0. The quantitative estimate of drug-likeness (QED) is 0.693. The van der Waals surface area contributed by atoms with Crippen molar-refractivity contribution in [3.8, 4) is 0 Å². The molecule has 0 atom stereocenters. The monoisotopic (exact) mass is 424 g/mol. The molecule has 1 aliphatic rings. The highest BCUT2D eigenvalue weighted by molar-refractivity contribution is 7.88. The normalized spacial score (nSPS) is 15.6. The molecule has 8 nitrogen and oxygen atoms in total. The van der Waals surface area contributed by atoms with Crippen molar-refractivity contribution in [3.63, 3.8) is 0 Å². The van der Waals surface area contributed by atoms with Gasteiger partial charge in [0, 0.05) is 39.0 Å². The number of aliphatic hydroxyl groups excluding tert-OH is 1. The topological polar surface area (TPSA) is 95.7 Å². The van der Waals surface area contributed by atoms with Gasteiger partial charge >= 0.3 is 0 Å². The second kappa shape index (κ2) is 9.02. The summed E-state index contributed by atoms with van der Waals surface area (Å²) in [5.41, 5.74) is 1.16. The lowest BCUT2D eigenvalue weighted by Crippen LogP contribution is -2.50. The van der Waals surface area contributed by atoms with Gasteiger partial charge in [0.2, 0.25) is 10.0 Å². The van der Waals surface area contributed by atoms with Crippen molar-refractivity contribution in [1.29, 1.82) is 0 Å². The van der Waals surface area contributed by atoms with Crippen molar-refractivity contribution in [1.82, 2.24) is 13.9 Å². The number of aryl methyl sites for hydroxylation is 1. The molecular weight excluding hydrogens is 399 g/mol. The Labute approximate surface area is 169 Å². The number of rotatable bonds is 7. The van der Waals surface area contributed by atoms with Crippen LogP contribution in [0.25, 0.3) is 0 Å². The van der Waals surface area contributed by atoms with Crippen LogP contribution in [0, 0.1) is 5.82 Å². The molecule has 0 amide bonds. The van der Waals surface area contributed by atoms with Crippen molar-refractivity contribution in [3.05, 3.63) is 57.9 Å². The molecule has 1 aromatic carbocycles. The fourth-order valence-electron chi connectivity index (χ4n) is 3.30. The third-order valence-corrected chi connectivity index (χ3v) is 6.17. The van der Waals surface area contributed by atoms with Crippen molar-refractivity contribution in [2.75, 3.05) is 43.9 Å². The number of nitrogens with zero attached hydrogens (tertiary/aromatic N) is 4. The van der Waals surface area contributed by atoms with Gasteiger partial charge in [-0.15, -0.1) is 0 Å². The van der Waals surface area contributed by atoms with Crippen LogP contribution in [0.15, 0.2) is 35.3 Å². The summed E-state index contributed by atoms with van der Waals surface area (Å²) in [5.74, 6) is -0.0698. The molecule has 158 valence electrons. The molecule has 3 rings (SSSR count). The van der Waals surface area contributed by atoms with Crippen LogP contribution < -0.4 is 10.5 Å². The second-order valence-electron chi connectivity index (χ2n) is 7.09. The Morgan fingerprint density at radius 1 is 1.14 bits per heavy atom. The van der Waals surface area contributed by atoms with Crippen LogP contribution in [-0.2, 0) is 23.0 Å². The molecule has 0 aliphatic carbocycles. The van der Waals surface area contributed by atoms with Crippen molar-refractivity contribution in [2.24, 2.45) is 0 Å². The number of aliphatic hydroxyl groups is 1. The van der Waals surface area contributed by atoms with Crippen LogP contribution in [0.2, 0.25) is 0 Å². The summed E-state index contributed by atoms with van der Waals surface area (Å²) in [6, 6.07) is 5.94. The lowest BCUT2D eigenvalue weighted by atomic mass is 10.2. The molecule has 10 heteroatoms. The Balaban J connectivity index is 1.89. The van der Waals surface area contributed by atoms with Gasteiger partial charge in [-0.1, -0.05) is 12.1 Å². The largest absolute Gasteiger partial charge is 0.396 e. The summed E-state index contributed by atoms with van der Waals surface area (Å²) in [7, 11) is -3.27. The first-order valence-corrected chi connectivity index (χ1v) is 11.3. The van der Waals surface area contributed by atoms with E-state index in [-0.39, 0.29) is 30.3 Å². The van der Waals surface area contributed by atoms with Gasteiger partial charge in [0.05, 0.1) is 18.5 Å². The lowest BCUT2D eigenvalue weighted by molar-refractivity contribution is 0.288. The van der Waals surface area contributed by atoms with Crippen LogP contribution in [0.3, 0.4) is 0 Å². The van der Waals surface area contributed by atoms with Crippen LogP contribution in [0.5, 0.6) is 0 Å². The SMILES string of the molecule is CS(=O)(=O)N1CCN(c2nc(CCCO)cn(Cc3ccc(F)cc3)c2=O)CC1. The zero-order chi connectivity index (χ0) is 21.0. The molecule has 0 saturated carbocycles. The highest BCUT2D eigenvalue weighted by Crippen LogP contribution is 2.14. The summed E-state index contributed by atoms with van der Waals surface area (Å²) in [5, 5.41) is 9.13. The smallest absolute Gasteiger partial charge is 0.293 e. The van der Waals surface area contributed by atoms with Gasteiger partial charge in [0.15, 0.2) is 5.82 Å². The van der Waals surface area contributed by atoms with E-state index in [9.17, 15) is 17.6 Å². The molecule has 1 aliphatic heterocycles. The minimum absolute atomic E-state index is 0.0150. The number of sulfonamides is 1. The molecule has 0 radical (unpaired) electrons. The molecule has 2 aromatic rings. The number of anilines is 1. The first kappa shape index (κ1) is 21.4. The third-order valence-electron chi connectivity index (χ3n) is 4.87. The van der Waals surface area contributed by atoms with Crippen LogP contribution >= 0.6 is 0 Å². The minimum Gasteiger partial charge on any atom is -0.396 e. The summed E-state index contributed by atoms with van der Waals surface area (Å²) in [6.45, 7) is 1.60. The highest BCUT2D eigenvalue weighted by Gasteiger charge is 2.26. The Morgan fingerprint density at radius 3 is 2.38 bits per heavy atom. The standard InChI is InChI=1S/C19H25FN4O4S/c1-29(27,28)24-10-8-22(9-11-24)18-19(26)23(14-17(21-18)3-2-12-25)13-15-4-6-16(20)7-5-15/h4-7,14,25H,2-3,8-13H2,1H3. The average molecular weight is 424 g/mol. The molecule has 0 unspecified atom stereocenters. The van der Waals surface area contributed by atoms with E-state index in [1.807, 2.05) is 0 Å². The van der Waals surface area contributed by atoms with E-state index >= 15 is 0 Å². The van der Waals surface area contributed by atoms with E-state index in [0.29, 0.717) is 44.7 Å². The fourth-order valence-corrected chi connectivity index (χ4v) is 4.13. The Kier molecular flexibility index (Phi) is 6.66. The molecule has 29 heavy (non-hydrogen) atoms. The maximum atomic E-state index is 13.2. The highest BCUT2D eigenvalue weighted by atomic mass is 32.2. The molecule has 1 aromatic heterocycles.